The largest absolute Gasteiger partial charge is 0.456 e. The minimum Gasteiger partial charge on any atom is -0.456 e. The monoisotopic (exact) mass is 582 g/mol. The zero-order chi connectivity index (χ0) is 28.0. The first-order chi connectivity index (χ1) is 17.7. The summed E-state index contributed by atoms with van der Waals surface area (Å²) < 4.78 is 47.9. The number of nitrogens with zero attached hydrogens (tertiary/aromatic N) is 2. The van der Waals surface area contributed by atoms with Crippen LogP contribution in [0.2, 0.25) is 10.2 Å². The molecule has 0 aliphatic carbocycles. The molecule has 2 heterocycles. The molecule has 4 rings (SSSR count). The lowest BCUT2D eigenvalue weighted by molar-refractivity contribution is -0.137. The van der Waals surface area contributed by atoms with Crippen molar-refractivity contribution in [2.45, 2.75) is 50.5 Å². The average Bonchev–Trinajstić information content (AvgIpc) is 3.17. The minimum atomic E-state index is -4.57. The number of aliphatic hydroxyl groups is 1. The zero-order valence-electron chi connectivity index (χ0n) is 20.7. The standard InChI is InChI=1S/C27H23Cl2F3N2O3S/c1-14-10-15(27(30,31)32)11-19-17(14)12-20(34(19)38-16-8-6-5-7-9-16)23(35)21-22(28)18(13-33-24(21)29)25(36)37-26(2,3)4/h5-13,23,35H,1-4H3. The Kier molecular flexibility index (Phi) is 7.78. The Morgan fingerprint density at radius 1 is 1.11 bits per heavy atom. The Hall–Kier alpha value is -2.72. The number of halogens is 5. The second-order valence-electron chi connectivity index (χ2n) is 9.59. The Morgan fingerprint density at radius 2 is 1.76 bits per heavy atom. The molecular weight excluding hydrogens is 560 g/mol. The van der Waals surface area contributed by atoms with E-state index in [-0.39, 0.29) is 32.5 Å². The number of aromatic nitrogens is 2. The minimum absolute atomic E-state index is 0.0666. The van der Waals surface area contributed by atoms with E-state index in [0.29, 0.717) is 15.8 Å². The maximum absolute atomic E-state index is 13.7. The number of hydrogen-bond acceptors (Lipinski definition) is 5. The molecule has 0 spiro atoms. The van der Waals surface area contributed by atoms with E-state index in [1.165, 1.54) is 3.97 Å². The average molecular weight is 583 g/mol. The van der Waals surface area contributed by atoms with Crippen LogP contribution in [0, 0.1) is 6.92 Å². The molecule has 2 aromatic carbocycles. The van der Waals surface area contributed by atoms with Crippen LogP contribution < -0.4 is 0 Å². The van der Waals surface area contributed by atoms with Gasteiger partial charge in [0.15, 0.2) is 0 Å². The van der Waals surface area contributed by atoms with Crippen molar-refractivity contribution in [1.82, 2.24) is 8.96 Å². The van der Waals surface area contributed by atoms with Gasteiger partial charge >= 0.3 is 12.1 Å². The van der Waals surface area contributed by atoms with Crippen LogP contribution >= 0.6 is 35.1 Å². The van der Waals surface area contributed by atoms with Gasteiger partial charge in [0.2, 0.25) is 0 Å². The molecule has 0 fully saturated rings. The lowest BCUT2D eigenvalue weighted by Crippen LogP contribution is -2.24. The molecule has 0 bridgehead atoms. The fourth-order valence-electron chi connectivity index (χ4n) is 3.86. The van der Waals surface area contributed by atoms with Gasteiger partial charge in [0.1, 0.15) is 16.9 Å². The van der Waals surface area contributed by atoms with Crippen molar-refractivity contribution >= 4 is 52.0 Å². The van der Waals surface area contributed by atoms with E-state index in [2.05, 4.69) is 4.98 Å². The van der Waals surface area contributed by atoms with Crippen LogP contribution in [-0.2, 0) is 10.9 Å². The van der Waals surface area contributed by atoms with Gasteiger partial charge in [-0.15, -0.1) is 0 Å². The number of benzene rings is 2. The number of carbonyl (C=O) groups excluding carboxylic acids is 1. The molecule has 1 atom stereocenters. The number of fused-ring (bicyclic) bond motifs is 1. The van der Waals surface area contributed by atoms with Crippen LogP contribution in [0.15, 0.2) is 59.6 Å². The van der Waals surface area contributed by atoms with Gasteiger partial charge in [-0.3, -0.25) is 3.97 Å². The Bertz CT molecular complexity index is 1520. The number of alkyl halides is 3. The van der Waals surface area contributed by atoms with E-state index in [9.17, 15) is 23.1 Å². The third kappa shape index (κ3) is 5.81. The first-order valence-electron chi connectivity index (χ1n) is 11.4. The molecule has 0 saturated carbocycles. The molecule has 200 valence electrons. The van der Waals surface area contributed by atoms with Gasteiger partial charge in [-0.2, -0.15) is 13.2 Å². The van der Waals surface area contributed by atoms with Gasteiger partial charge in [-0.25, -0.2) is 9.78 Å². The zero-order valence-corrected chi connectivity index (χ0v) is 23.1. The van der Waals surface area contributed by atoms with Crippen molar-refractivity contribution in [3.8, 4) is 0 Å². The van der Waals surface area contributed by atoms with E-state index in [0.717, 1.165) is 30.3 Å². The number of aliphatic hydroxyl groups excluding tert-OH is 1. The molecule has 38 heavy (non-hydrogen) atoms. The van der Waals surface area contributed by atoms with Crippen molar-refractivity contribution in [1.29, 1.82) is 0 Å². The lowest BCUT2D eigenvalue weighted by atomic mass is 10.0. The maximum Gasteiger partial charge on any atom is 0.416 e. The van der Waals surface area contributed by atoms with Gasteiger partial charge in [0, 0.05) is 22.0 Å². The highest BCUT2D eigenvalue weighted by atomic mass is 35.5. The third-order valence-electron chi connectivity index (χ3n) is 5.55. The third-order valence-corrected chi connectivity index (χ3v) is 7.33. The highest BCUT2D eigenvalue weighted by Crippen LogP contribution is 2.42. The van der Waals surface area contributed by atoms with E-state index < -0.39 is 29.4 Å². The molecule has 0 radical (unpaired) electrons. The molecule has 2 aromatic heterocycles. The van der Waals surface area contributed by atoms with Gasteiger partial charge in [0.05, 0.1) is 27.4 Å². The summed E-state index contributed by atoms with van der Waals surface area (Å²) in [5.41, 5.74) is -0.996. The molecule has 5 nitrogen and oxygen atoms in total. The summed E-state index contributed by atoms with van der Waals surface area (Å²) in [6.45, 7) is 6.63. The molecule has 1 unspecified atom stereocenters. The molecule has 0 amide bonds. The lowest BCUT2D eigenvalue weighted by Gasteiger charge is -2.21. The van der Waals surface area contributed by atoms with Gasteiger partial charge in [-0.1, -0.05) is 41.4 Å². The fraction of sp³-hybridized carbons (Fsp3) is 0.259. The summed E-state index contributed by atoms with van der Waals surface area (Å²) >= 11 is 14.0. The number of ether oxygens (including phenoxy) is 1. The van der Waals surface area contributed by atoms with E-state index in [1.54, 1.807) is 58.0 Å². The molecule has 0 aliphatic rings. The number of hydrogen-bond donors (Lipinski definition) is 1. The number of aryl methyl sites for hydroxylation is 1. The fourth-order valence-corrected chi connectivity index (χ4v) is 5.47. The summed E-state index contributed by atoms with van der Waals surface area (Å²) in [5.74, 6) is -0.759. The predicted octanol–water partition coefficient (Wildman–Crippen LogP) is 8.26. The van der Waals surface area contributed by atoms with Crippen molar-refractivity contribution in [2.24, 2.45) is 0 Å². The number of esters is 1. The number of carbonyl (C=O) groups is 1. The first kappa shape index (κ1) is 28.3. The van der Waals surface area contributed by atoms with Gasteiger partial charge < -0.3 is 9.84 Å². The normalized spacial score (nSPS) is 13.1. The van der Waals surface area contributed by atoms with Crippen LogP contribution in [-0.4, -0.2) is 25.6 Å². The molecule has 4 aromatic rings. The van der Waals surface area contributed by atoms with E-state index in [1.807, 2.05) is 6.07 Å². The summed E-state index contributed by atoms with van der Waals surface area (Å²) in [6.07, 6.45) is -4.95. The molecular formula is C27H23Cl2F3N2O3S. The number of rotatable bonds is 5. The van der Waals surface area contributed by atoms with Crippen LogP contribution in [0.3, 0.4) is 0 Å². The molecule has 1 N–H and O–H groups in total. The van der Waals surface area contributed by atoms with Gasteiger partial charge in [0.25, 0.3) is 0 Å². The predicted molar refractivity (Wildman–Crippen MR) is 143 cm³/mol. The smallest absolute Gasteiger partial charge is 0.416 e. The van der Waals surface area contributed by atoms with Gasteiger partial charge in [-0.05, 0) is 75.5 Å². The Balaban J connectivity index is 1.92. The Morgan fingerprint density at radius 3 is 2.37 bits per heavy atom. The topological polar surface area (TPSA) is 64.3 Å². The molecule has 0 aliphatic heterocycles. The van der Waals surface area contributed by atoms with Crippen LogP contribution in [0.4, 0.5) is 13.2 Å². The van der Waals surface area contributed by atoms with Crippen molar-refractivity contribution in [3.63, 3.8) is 0 Å². The summed E-state index contributed by atoms with van der Waals surface area (Å²) in [5, 5.41) is 11.7. The summed E-state index contributed by atoms with van der Waals surface area (Å²) in [6, 6.07) is 12.6. The van der Waals surface area contributed by atoms with E-state index >= 15 is 0 Å². The highest BCUT2D eigenvalue weighted by molar-refractivity contribution is 7.98. The van der Waals surface area contributed by atoms with Crippen molar-refractivity contribution < 1.29 is 27.8 Å². The maximum atomic E-state index is 13.7. The second-order valence-corrected chi connectivity index (χ2v) is 11.3. The van der Waals surface area contributed by atoms with Crippen molar-refractivity contribution in [2.75, 3.05) is 0 Å². The molecule has 11 heteroatoms. The number of pyridine rings is 1. The SMILES string of the molecule is Cc1cc(C(F)(F)F)cc2c1cc(C(O)c1c(Cl)ncc(C(=O)OC(C)(C)C)c1Cl)n2Sc1ccccc1. The quantitative estimate of drug-likeness (QED) is 0.189. The highest BCUT2D eigenvalue weighted by Gasteiger charge is 2.33. The Labute approximate surface area is 231 Å². The molecule has 0 saturated heterocycles. The summed E-state index contributed by atoms with van der Waals surface area (Å²) in [7, 11) is 0. The van der Waals surface area contributed by atoms with Crippen LogP contribution in [0.25, 0.3) is 10.9 Å². The van der Waals surface area contributed by atoms with E-state index in [4.69, 9.17) is 27.9 Å². The van der Waals surface area contributed by atoms with Crippen LogP contribution in [0.5, 0.6) is 0 Å². The van der Waals surface area contributed by atoms with Crippen LogP contribution in [0.1, 0.15) is 59.6 Å². The summed E-state index contributed by atoms with van der Waals surface area (Å²) in [4.78, 5) is 17.5. The second kappa shape index (κ2) is 10.4. The van der Waals surface area contributed by atoms with Crippen molar-refractivity contribution in [3.05, 3.63) is 92.9 Å². The first-order valence-corrected chi connectivity index (χ1v) is 12.9.